The Morgan fingerprint density at radius 3 is 2.38 bits per heavy atom. The quantitative estimate of drug-likeness (QED) is 0.313. The topological polar surface area (TPSA) is 40.6 Å². The van der Waals surface area contributed by atoms with Crippen LogP contribution in [0.15, 0.2) is 60.8 Å². The van der Waals surface area contributed by atoms with Gasteiger partial charge in [-0.1, -0.05) is 51.1 Å². The summed E-state index contributed by atoms with van der Waals surface area (Å²) < 4.78 is 18.0. The van der Waals surface area contributed by atoms with Gasteiger partial charge >= 0.3 is 0 Å². The number of nitrogens with zero attached hydrogens (tertiary/aromatic N) is 1. The number of rotatable bonds is 10. The molecule has 0 N–H and O–H groups in total. The molecule has 1 atom stereocenters. The fourth-order valence-corrected chi connectivity index (χ4v) is 4.58. The van der Waals surface area contributed by atoms with E-state index in [0.29, 0.717) is 13.2 Å². The van der Waals surface area contributed by atoms with Crippen molar-refractivity contribution in [1.29, 1.82) is 0 Å². The van der Waals surface area contributed by atoms with Crippen molar-refractivity contribution < 1.29 is 13.9 Å². The van der Waals surface area contributed by atoms with Gasteiger partial charge in [0.2, 0.25) is 0 Å². The van der Waals surface area contributed by atoms with Gasteiger partial charge in [0.25, 0.3) is 0 Å². The van der Waals surface area contributed by atoms with Crippen LogP contribution in [0.5, 0.6) is 5.75 Å². The van der Waals surface area contributed by atoms with Crippen molar-refractivity contribution in [3.05, 3.63) is 71.9 Å². The van der Waals surface area contributed by atoms with Crippen LogP contribution in [0.3, 0.4) is 0 Å². The molecule has 0 unspecified atom stereocenters. The molecule has 32 heavy (non-hydrogen) atoms. The van der Waals surface area contributed by atoms with E-state index in [4.69, 9.17) is 13.9 Å². The molecule has 0 aliphatic heterocycles. The lowest BCUT2D eigenvalue weighted by molar-refractivity contribution is 0.0996. The van der Waals surface area contributed by atoms with E-state index in [1.54, 1.807) is 7.11 Å². The Balaban J connectivity index is 1.73. The number of hydrogen-bond acceptors (Lipinski definition) is 4. The molecule has 0 saturated carbocycles. The molecule has 2 aromatic carbocycles. The lowest BCUT2D eigenvalue weighted by Gasteiger charge is -2.36. The maximum Gasteiger partial charge on any atom is 0.191 e. The third-order valence-electron chi connectivity index (χ3n) is 6.60. The van der Waals surface area contributed by atoms with Crippen LogP contribution < -0.4 is 4.74 Å². The van der Waals surface area contributed by atoms with E-state index in [0.717, 1.165) is 29.9 Å². The molecule has 5 heteroatoms. The molecule has 1 aromatic heterocycles. The summed E-state index contributed by atoms with van der Waals surface area (Å²) in [5.74, 6) is 1.10. The summed E-state index contributed by atoms with van der Waals surface area (Å²) in [6.07, 6.45) is 2.83. The van der Waals surface area contributed by atoms with Crippen molar-refractivity contribution >= 4 is 19.2 Å². The number of methoxy groups -OCH3 is 1. The minimum absolute atomic E-state index is 0.205. The van der Waals surface area contributed by atoms with E-state index in [1.807, 2.05) is 24.4 Å². The Kier molecular flexibility index (Phi) is 8.09. The Hall–Kier alpha value is -2.21. The van der Waals surface area contributed by atoms with Gasteiger partial charge in [-0.15, -0.1) is 0 Å². The third-order valence-corrected chi connectivity index (χ3v) is 11.1. The predicted octanol–water partition coefficient (Wildman–Crippen LogP) is 6.96. The molecule has 0 amide bonds. The van der Waals surface area contributed by atoms with Gasteiger partial charge in [0.15, 0.2) is 8.32 Å². The number of pyridine rings is 1. The smallest absolute Gasteiger partial charge is 0.191 e. The standard InChI is InChI=1S/C27H37NO3Si/c1-27(2,3)32(5,6)31-18-16-22(20-30-19-21-11-13-23(29-4)14-12-21)24-15-17-28-26-10-8-7-9-25(24)26/h7-15,17,22H,16,18-20H2,1-6H3/t22-/m1/s1. The van der Waals surface area contributed by atoms with Gasteiger partial charge in [0, 0.05) is 24.1 Å². The van der Waals surface area contributed by atoms with E-state index in [-0.39, 0.29) is 11.0 Å². The summed E-state index contributed by atoms with van der Waals surface area (Å²) in [6.45, 7) is 13.4. The van der Waals surface area contributed by atoms with Crippen molar-refractivity contribution in [2.45, 2.75) is 57.8 Å². The van der Waals surface area contributed by atoms with Crippen molar-refractivity contribution in [2.75, 3.05) is 20.3 Å². The highest BCUT2D eigenvalue weighted by Crippen LogP contribution is 2.37. The van der Waals surface area contributed by atoms with E-state index in [9.17, 15) is 0 Å². The van der Waals surface area contributed by atoms with Crippen molar-refractivity contribution in [3.63, 3.8) is 0 Å². The van der Waals surface area contributed by atoms with Gasteiger partial charge in [-0.05, 0) is 59.9 Å². The van der Waals surface area contributed by atoms with Crippen molar-refractivity contribution in [3.8, 4) is 5.75 Å². The van der Waals surface area contributed by atoms with E-state index >= 15 is 0 Å². The van der Waals surface area contributed by atoms with E-state index < -0.39 is 8.32 Å². The molecule has 0 fully saturated rings. The van der Waals surface area contributed by atoms with Crippen LogP contribution >= 0.6 is 0 Å². The molecular formula is C27H37NO3Si. The van der Waals surface area contributed by atoms with Crippen molar-refractivity contribution in [1.82, 2.24) is 4.98 Å². The first kappa shape index (κ1) is 24.4. The lowest BCUT2D eigenvalue weighted by atomic mass is 9.94. The first-order valence-corrected chi connectivity index (χ1v) is 14.3. The first-order valence-electron chi connectivity index (χ1n) is 11.4. The van der Waals surface area contributed by atoms with Crippen LogP contribution in [0.1, 0.15) is 44.2 Å². The zero-order valence-corrected chi connectivity index (χ0v) is 21.4. The Bertz CT molecular complexity index is 990. The van der Waals surface area contributed by atoms with Gasteiger partial charge < -0.3 is 13.9 Å². The molecule has 172 valence electrons. The van der Waals surface area contributed by atoms with Gasteiger partial charge in [-0.3, -0.25) is 4.98 Å². The summed E-state index contributed by atoms with van der Waals surface area (Å²) in [5, 5.41) is 1.40. The zero-order chi connectivity index (χ0) is 23.2. The first-order chi connectivity index (χ1) is 15.2. The number of ether oxygens (including phenoxy) is 2. The van der Waals surface area contributed by atoms with Crippen LogP contribution in [0.2, 0.25) is 18.1 Å². The molecule has 0 bridgehead atoms. The minimum atomic E-state index is -1.78. The second-order valence-electron chi connectivity index (χ2n) is 9.87. The molecule has 0 radical (unpaired) electrons. The van der Waals surface area contributed by atoms with Gasteiger partial charge in [-0.2, -0.15) is 0 Å². The van der Waals surface area contributed by atoms with Crippen LogP contribution in [-0.4, -0.2) is 33.6 Å². The summed E-state index contributed by atoms with van der Waals surface area (Å²) in [4.78, 5) is 4.54. The monoisotopic (exact) mass is 451 g/mol. The Morgan fingerprint density at radius 1 is 0.969 bits per heavy atom. The highest BCUT2D eigenvalue weighted by molar-refractivity contribution is 6.74. The molecule has 0 aliphatic rings. The summed E-state index contributed by atoms with van der Waals surface area (Å²) >= 11 is 0. The van der Waals surface area contributed by atoms with Crippen LogP contribution in [0.25, 0.3) is 10.9 Å². The number of aromatic nitrogens is 1. The Labute approximate surface area is 194 Å². The van der Waals surface area contributed by atoms with Crippen LogP contribution in [0, 0.1) is 0 Å². The van der Waals surface area contributed by atoms with Crippen molar-refractivity contribution in [2.24, 2.45) is 0 Å². The summed E-state index contributed by atoms with van der Waals surface area (Å²) in [6, 6.07) is 18.5. The zero-order valence-electron chi connectivity index (χ0n) is 20.4. The number of para-hydroxylation sites is 1. The normalized spacial score (nSPS) is 13.3. The number of benzene rings is 2. The number of fused-ring (bicyclic) bond motifs is 1. The highest BCUT2D eigenvalue weighted by atomic mass is 28.4. The molecular weight excluding hydrogens is 414 g/mol. The predicted molar refractivity (Wildman–Crippen MR) is 135 cm³/mol. The number of hydrogen-bond donors (Lipinski definition) is 0. The maximum atomic E-state index is 6.50. The lowest BCUT2D eigenvalue weighted by Crippen LogP contribution is -2.41. The molecule has 0 spiro atoms. The highest BCUT2D eigenvalue weighted by Gasteiger charge is 2.37. The van der Waals surface area contributed by atoms with Gasteiger partial charge in [-0.25, -0.2) is 0 Å². The SMILES string of the molecule is COc1ccc(COC[C@@H](CCO[Si](C)(C)C(C)(C)C)c2ccnc3ccccc23)cc1. The van der Waals surface area contributed by atoms with E-state index in [1.165, 1.54) is 10.9 Å². The van der Waals surface area contributed by atoms with Gasteiger partial charge in [0.05, 0.1) is 25.8 Å². The van der Waals surface area contributed by atoms with Gasteiger partial charge in [0.1, 0.15) is 5.75 Å². The fourth-order valence-electron chi connectivity index (χ4n) is 3.52. The minimum Gasteiger partial charge on any atom is -0.497 e. The molecule has 3 rings (SSSR count). The summed E-state index contributed by atoms with van der Waals surface area (Å²) in [7, 11) is -0.103. The third kappa shape index (κ3) is 6.18. The largest absolute Gasteiger partial charge is 0.497 e. The fraction of sp³-hybridized carbons (Fsp3) is 0.444. The second-order valence-corrected chi connectivity index (χ2v) is 14.7. The Morgan fingerprint density at radius 2 is 1.69 bits per heavy atom. The van der Waals surface area contributed by atoms with Crippen LogP contribution in [0.4, 0.5) is 0 Å². The second kappa shape index (κ2) is 10.6. The molecule has 1 heterocycles. The molecule has 0 aliphatic carbocycles. The average Bonchev–Trinajstić information content (AvgIpc) is 2.77. The molecule has 3 aromatic rings. The summed E-state index contributed by atoms with van der Waals surface area (Å²) in [5.41, 5.74) is 3.45. The maximum absolute atomic E-state index is 6.50. The molecule has 0 saturated heterocycles. The molecule has 4 nitrogen and oxygen atoms in total. The van der Waals surface area contributed by atoms with E-state index in [2.05, 4.69) is 75.2 Å². The van der Waals surface area contributed by atoms with Crippen LogP contribution in [-0.2, 0) is 15.8 Å². The average molecular weight is 452 g/mol.